The molecule has 10 nitrogen and oxygen atoms in total. The van der Waals surface area contributed by atoms with Crippen LogP contribution in [-0.2, 0) is 9.47 Å². The molecule has 0 saturated carbocycles. The van der Waals surface area contributed by atoms with Gasteiger partial charge in [-0.3, -0.25) is 19.9 Å². The highest BCUT2D eigenvalue weighted by atomic mass is 16.6. The molecular formula is C24H34N4O6. The van der Waals surface area contributed by atoms with Crippen LogP contribution >= 0.6 is 0 Å². The highest BCUT2D eigenvalue weighted by Gasteiger charge is 2.22. The molecule has 0 bridgehead atoms. The van der Waals surface area contributed by atoms with Gasteiger partial charge >= 0.3 is 12.2 Å². The number of carbonyl (C=O) groups excluding carboxylic acids is 2. The number of nitrogens with zero attached hydrogens (tertiary/aromatic N) is 3. The van der Waals surface area contributed by atoms with Crippen molar-refractivity contribution in [1.29, 1.82) is 0 Å². The summed E-state index contributed by atoms with van der Waals surface area (Å²) in [4.78, 5) is 36.3. The maximum atomic E-state index is 11.8. The molecule has 0 spiro atoms. The Kier molecular flexibility index (Phi) is 9.42. The molecular weight excluding hydrogens is 440 g/mol. The number of hydrogen-bond donors (Lipinski definition) is 1. The lowest BCUT2D eigenvalue weighted by Crippen LogP contribution is -2.34. The normalized spacial score (nSPS) is 10.9. The van der Waals surface area contributed by atoms with E-state index in [2.05, 4.69) is 0 Å². The second-order valence-corrected chi connectivity index (χ2v) is 9.45. The first-order chi connectivity index (χ1) is 15.5. The van der Waals surface area contributed by atoms with Crippen LogP contribution in [0.25, 0.3) is 0 Å². The summed E-state index contributed by atoms with van der Waals surface area (Å²) < 4.78 is 10.4. The Morgan fingerprint density at radius 3 is 1.62 bits per heavy atom. The quantitative estimate of drug-likeness (QED) is 0.348. The Balaban J connectivity index is 0.000000342. The van der Waals surface area contributed by atoms with E-state index in [1.165, 1.54) is 35.0 Å². The Morgan fingerprint density at radius 1 is 0.824 bits per heavy atom. The zero-order valence-corrected chi connectivity index (χ0v) is 21.0. The van der Waals surface area contributed by atoms with Gasteiger partial charge in [0, 0.05) is 37.6 Å². The van der Waals surface area contributed by atoms with Crippen LogP contribution in [0.15, 0.2) is 48.5 Å². The topological polar surface area (TPSA) is 128 Å². The van der Waals surface area contributed by atoms with Crippen molar-refractivity contribution in [3.8, 4) is 0 Å². The number of nitro groups is 1. The fourth-order valence-electron chi connectivity index (χ4n) is 2.42. The molecule has 0 aliphatic rings. The van der Waals surface area contributed by atoms with Gasteiger partial charge in [-0.25, -0.2) is 9.59 Å². The Hall–Kier alpha value is -3.82. The van der Waals surface area contributed by atoms with Gasteiger partial charge in [0.1, 0.15) is 11.2 Å². The molecule has 10 heteroatoms. The molecule has 34 heavy (non-hydrogen) atoms. The van der Waals surface area contributed by atoms with Crippen LogP contribution in [0.2, 0.25) is 0 Å². The molecule has 0 aliphatic carbocycles. The lowest BCUT2D eigenvalue weighted by Gasteiger charge is -2.24. The number of nitrogen functional groups attached to an aromatic ring is 1. The zero-order chi connectivity index (χ0) is 26.3. The van der Waals surface area contributed by atoms with E-state index < -0.39 is 28.3 Å². The number of benzene rings is 2. The molecule has 0 heterocycles. The molecule has 0 unspecified atom stereocenters. The van der Waals surface area contributed by atoms with Gasteiger partial charge in [-0.2, -0.15) is 0 Å². The summed E-state index contributed by atoms with van der Waals surface area (Å²) in [5.41, 5.74) is 6.23. The van der Waals surface area contributed by atoms with Crippen LogP contribution < -0.4 is 15.5 Å². The summed E-state index contributed by atoms with van der Waals surface area (Å²) in [6.45, 7) is 10.8. The first kappa shape index (κ1) is 28.2. The van der Waals surface area contributed by atoms with Crippen molar-refractivity contribution >= 4 is 34.9 Å². The van der Waals surface area contributed by atoms with E-state index in [0.717, 1.165) is 0 Å². The lowest BCUT2D eigenvalue weighted by molar-refractivity contribution is -0.384. The van der Waals surface area contributed by atoms with Gasteiger partial charge in [0.05, 0.1) is 10.6 Å². The Labute approximate surface area is 200 Å². The second kappa shape index (κ2) is 11.4. The standard InChI is InChI=1S/C12H16N2O4.C12H18N2O2/c1-12(2,3)18-11(15)13(4)9-6-5-7-10(8-9)14(16)17;1-12(2,3)16-11(15)14(4)10-7-5-6-9(13)8-10/h5-8H,1-4H3;5-8H,13H2,1-4H3. The number of nitro benzene ring substituents is 1. The van der Waals surface area contributed by atoms with Crippen molar-refractivity contribution in [2.24, 2.45) is 0 Å². The summed E-state index contributed by atoms with van der Waals surface area (Å²) in [6.07, 6.45) is -0.943. The van der Waals surface area contributed by atoms with Gasteiger partial charge in [-0.1, -0.05) is 12.1 Å². The van der Waals surface area contributed by atoms with Gasteiger partial charge in [0.2, 0.25) is 0 Å². The summed E-state index contributed by atoms with van der Waals surface area (Å²) in [7, 11) is 3.16. The molecule has 0 aromatic heterocycles. The summed E-state index contributed by atoms with van der Waals surface area (Å²) >= 11 is 0. The maximum absolute atomic E-state index is 11.8. The van der Waals surface area contributed by atoms with Crippen molar-refractivity contribution in [2.45, 2.75) is 52.7 Å². The predicted molar refractivity (Wildman–Crippen MR) is 133 cm³/mol. The number of carbonyl (C=O) groups is 2. The number of non-ortho nitro benzene ring substituents is 1. The van der Waals surface area contributed by atoms with Crippen LogP contribution in [-0.4, -0.2) is 42.4 Å². The Morgan fingerprint density at radius 2 is 1.24 bits per heavy atom. The Bertz CT molecular complexity index is 1010. The molecule has 2 aromatic carbocycles. The van der Waals surface area contributed by atoms with Crippen molar-refractivity contribution < 1.29 is 24.0 Å². The molecule has 186 valence electrons. The van der Waals surface area contributed by atoms with Gasteiger partial charge < -0.3 is 15.2 Å². The number of anilines is 3. The summed E-state index contributed by atoms with van der Waals surface area (Å²) in [5, 5.41) is 10.6. The van der Waals surface area contributed by atoms with E-state index in [-0.39, 0.29) is 5.69 Å². The van der Waals surface area contributed by atoms with E-state index >= 15 is 0 Å². The fraction of sp³-hybridized carbons (Fsp3) is 0.417. The number of hydrogen-bond acceptors (Lipinski definition) is 7. The second-order valence-electron chi connectivity index (χ2n) is 9.45. The molecule has 0 aliphatic heterocycles. The largest absolute Gasteiger partial charge is 0.443 e. The minimum Gasteiger partial charge on any atom is -0.443 e. The highest BCUT2D eigenvalue weighted by molar-refractivity contribution is 5.88. The zero-order valence-electron chi connectivity index (χ0n) is 21.0. The predicted octanol–water partition coefficient (Wildman–Crippen LogP) is 5.61. The third-order valence-corrected chi connectivity index (χ3v) is 4.02. The van der Waals surface area contributed by atoms with Crippen molar-refractivity contribution in [3.63, 3.8) is 0 Å². The minimum absolute atomic E-state index is 0.0668. The first-order valence-corrected chi connectivity index (χ1v) is 10.5. The fourth-order valence-corrected chi connectivity index (χ4v) is 2.42. The molecule has 2 rings (SSSR count). The molecule has 0 saturated heterocycles. The van der Waals surface area contributed by atoms with Crippen molar-refractivity contribution in [1.82, 2.24) is 0 Å². The van der Waals surface area contributed by atoms with E-state index in [4.69, 9.17) is 15.2 Å². The number of amides is 2. The molecule has 2 N–H and O–H groups in total. The third kappa shape index (κ3) is 9.76. The molecule has 0 fully saturated rings. The number of ether oxygens (including phenoxy) is 2. The van der Waals surface area contributed by atoms with Crippen molar-refractivity contribution in [3.05, 3.63) is 58.6 Å². The van der Waals surface area contributed by atoms with E-state index in [9.17, 15) is 19.7 Å². The van der Waals surface area contributed by atoms with E-state index in [1.807, 2.05) is 20.8 Å². The smallest absolute Gasteiger partial charge is 0.414 e. The average Bonchev–Trinajstić information content (AvgIpc) is 2.70. The van der Waals surface area contributed by atoms with Crippen LogP contribution in [0.3, 0.4) is 0 Å². The third-order valence-electron chi connectivity index (χ3n) is 4.02. The first-order valence-electron chi connectivity index (χ1n) is 10.5. The summed E-state index contributed by atoms with van der Waals surface area (Å²) in [6, 6.07) is 12.9. The molecule has 0 atom stereocenters. The van der Waals surface area contributed by atoms with Crippen molar-refractivity contribution in [2.75, 3.05) is 29.6 Å². The van der Waals surface area contributed by atoms with Gasteiger partial charge in [-0.15, -0.1) is 0 Å². The SMILES string of the molecule is CN(C(=O)OC(C)(C)C)c1cccc(N)c1.CN(C(=O)OC(C)(C)C)c1cccc([N+](=O)[O-])c1. The number of rotatable bonds is 3. The van der Waals surface area contributed by atoms with Gasteiger partial charge in [0.25, 0.3) is 5.69 Å². The molecule has 2 amide bonds. The lowest BCUT2D eigenvalue weighted by atomic mass is 10.2. The number of nitrogens with two attached hydrogens (primary N) is 1. The monoisotopic (exact) mass is 474 g/mol. The van der Waals surface area contributed by atoms with Crippen LogP contribution in [0.4, 0.5) is 32.3 Å². The van der Waals surface area contributed by atoms with Crippen LogP contribution in [0.1, 0.15) is 41.5 Å². The minimum atomic E-state index is -0.605. The molecule has 2 aromatic rings. The highest BCUT2D eigenvalue weighted by Crippen LogP contribution is 2.22. The van der Waals surface area contributed by atoms with E-state index in [1.54, 1.807) is 58.2 Å². The van der Waals surface area contributed by atoms with Gasteiger partial charge in [0.15, 0.2) is 0 Å². The van der Waals surface area contributed by atoms with E-state index in [0.29, 0.717) is 17.1 Å². The van der Waals surface area contributed by atoms with Gasteiger partial charge in [-0.05, 0) is 65.8 Å². The van der Waals surface area contributed by atoms with Crippen LogP contribution in [0, 0.1) is 10.1 Å². The van der Waals surface area contributed by atoms with Crippen LogP contribution in [0.5, 0.6) is 0 Å². The molecule has 0 radical (unpaired) electrons. The average molecular weight is 475 g/mol. The maximum Gasteiger partial charge on any atom is 0.414 e. The summed E-state index contributed by atoms with van der Waals surface area (Å²) in [5.74, 6) is 0.